The van der Waals surface area contributed by atoms with E-state index in [0.29, 0.717) is 11.1 Å². The van der Waals surface area contributed by atoms with Gasteiger partial charge in [-0.15, -0.1) is 0 Å². The number of rotatable bonds is 4. The third-order valence-electron chi connectivity index (χ3n) is 12.4. The molecule has 0 radical (unpaired) electrons. The first-order valence-electron chi connectivity index (χ1n) is 19.6. The number of nitriles is 2. The van der Waals surface area contributed by atoms with Crippen molar-refractivity contribution in [3.63, 3.8) is 0 Å². The Hall–Kier alpha value is -8.04. The maximum absolute atomic E-state index is 9.88. The van der Waals surface area contributed by atoms with E-state index < -0.39 is 0 Å². The minimum atomic E-state index is 0.633. The summed E-state index contributed by atoms with van der Waals surface area (Å²) >= 11 is 0. The summed E-state index contributed by atoms with van der Waals surface area (Å²) in [7, 11) is 0. The largest absolute Gasteiger partial charge is 0.192 e. The summed E-state index contributed by atoms with van der Waals surface area (Å²) in [4.78, 5) is 0. The zero-order valence-corrected chi connectivity index (χ0v) is 31.2. The van der Waals surface area contributed by atoms with Crippen LogP contribution in [0.25, 0.3) is 120 Å². The molecule has 12 rings (SSSR count). The molecule has 0 aromatic heterocycles. The van der Waals surface area contributed by atoms with Gasteiger partial charge in [-0.3, -0.25) is 0 Å². The molecule has 0 amide bonds. The van der Waals surface area contributed by atoms with E-state index in [1.165, 1.54) is 103 Å². The van der Waals surface area contributed by atoms with Gasteiger partial charge in [-0.05, 0) is 150 Å². The second-order valence-electron chi connectivity index (χ2n) is 15.3. The molecule has 0 aliphatic carbocycles. The maximum atomic E-state index is 9.88. The van der Waals surface area contributed by atoms with Crippen LogP contribution in [0.2, 0.25) is 0 Å². The molecule has 264 valence electrons. The molecule has 0 saturated carbocycles. The van der Waals surface area contributed by atoms with Gasteiger partial charge < -0.3 is 0 Å². The van der Waals surface area contributed by atoms with E-state index in [9.17, 15) is 10.5 Å². The lowest BCUT2D eigenvalue weighted by atomic mass is 9.83. The molecule has 2 nitrogen and oxygen atoms in total. The number of fused-ring (bicyclic) bond motifs is 8. The molecule has 0 atom stereocenters. The van der Waals surface area contributed by atoms with Gasteiger partial charge in [-0.25, -0.2) is 0 Å². The molecule has 0 unspecified atom stereocenters. The Kier molecular flexibility index (Phi) is 6.80. The molecular formula is C56H30N2. The summed E-state index contributed by atoms with van der Waals surface area (Å²) in [6.45, 7) is 0. The Morgan fingerprint density at radius 2 is 0.759 bits per heavy atom. The van der Waals surface area contributed by atoms with Gasteiger partial charge in [-0.1, -0.05) is 152 Å². The fourth-order valence-electron chi connectivity index (χ4n) is 10.0. The van der Waals surface area contributed by atoms with Crippen molar-refractivity contribution < 1.29 is 0 Å². The minimum absolute atomic E-state index is 0.633. The van der Waals surface area contributed by atoms with E-state index in [2.05, 4.69) is 170 Å². The Labute approximate surface area is 334 Å². The van der Waals surface area contributed by atoms with Crippen molar-refractivity contribution in [2.45, 2.75) is 0 Å². The van der Waals surface area contributed by atoms with E-state index in [0.717, 1.165) is 16.7 Å². The van der Waals surface area contributed by atoms with Crippen LogP contribution >= 0.6 is 0 Å². The normalized spacial score (nSPS) is 11.8. The zero-order chi connectivity index (χ0) is 38.5. The lowest BCUT2D eigenvalue weighted by Crippen LogP contribution is -1.92. The van der Waals surface area contributed by atoms with Crippen LogP contribution in [0, 0.1) is 22.7 Å². The SMILES string of the molecule is N#Cc1ccc(-c2c3cc4c5ccccc5c5cccc(c3c(-c3ccc(C#N)cc3)c3c6ccc(-c7ccccc7-c7ccccc7)c7cccc(c23)c76)c54)cc1. The Balaban J connectivity index is 1.33. The van der Waals surface area contributed by atoms with Gasteiger partial charge in [0.1, 0.15) is 0 Å². The summed E-state index contributed by atoms with van der Waals surface area (Å²) in [6.07, 6.45) is 0. The third kappa shape index (κ3) is 4.40. The first kappa shape index (κ1) is 32.2. The fourth-order valence-corrected chi connectivity index (χ4v) is 10.0. The highest BCUT2D eigenvalue weighted by molar-refractivity contribution is 6.45. The Bertz CT molecular complexity index is 3710. The summed E-state index contributed by atoms with van der Waals surface area (Å²) in [5.41, 5.74) is 10.5. The van der Waals surface area contributed by atoms with E-state index in [1.54, 1.807) is 0 Å². The molecule has 0 aliphatic heterocycles. The summed E-state index contributed by atoms with van der Waals surface area (Å²) in [5.74, 6) is 0. The van der Waals surface area contributed by atoms with Crippen LogP contribution in [0.3, 0.4) is 0 Å². The molecule has 58 heavy (non-hydrogen) atoms. The Morgan fingerprint density at radius 3 is 1.45 bits per heavy atom. The van der Waals surface area contributed by atoms with E-state index >= 15 is 0 Å². The molecule has 0 spiro atoms. The van der Waals surface area contributed by atoms with Crippen molar-refractivity contribution in [1.29, 1.82) is 10.5 Å². The monoisotopic (exact) mass is 730 g/mol. The lowest BCUT2D eigenvalue weighted by molar-refractivity contribution is 1.48. The van der Waals surface area contributed by atoms with Crippen molar-refractivity contribution in [3.05, 3.63) is 193 Å². The number of benzene rings is 10. The van der Waals surface area contributed by atoms with Crippen molar-refractivity contribution in [2.24, 2.45) is 0 Å². The predicted octanol–water partition coefficient (Wildman–Crippen LogP) is 15.0. The van der Waals surface area contributed by atoms with Crippen LogP contribution in [-0.4, -0.2) is 0 Å². The molecular weight excluding hydrogens is 701 g/mol. The van der Waals surface area contributed by atoms with Gasteiger partial charge >= 0.3 is 0 Å². The maximum Gasteiger partial charge on any atom is 0.0991 e. The van der Waals surface area contributed by atoms with E-state index in [4.69, 9.17) is 0 Å². The van der Waals surface area contributed by atoms with E-state index in [1.807, 2.05) is 24.3 Å². The molecule has 0 heterocycles. The highest BCUT2D eigenvalue weighted by Gasteiger charge is 2.27. The number of hydrogen-bond donors (Lipinski definition) is 0. The van der Waals surface area contributed by atoms with Gasteiger partial charge in [0.2, 0.25) is 0 Å². The predicted molar refractivity (Wildman–Crippen MR) is 243 cm³/mol. The average Bonchev–Trinajstić information content (AvgIpc) is 3.80. The Morgan fingerprint density at radius 1 is 0.259 bits per heavy atom. The topological polar surface area (TPSA) is 47.6 Å². The van der Waals surface area contributed by atoms with Crippen molar-refractivity contribution in [2.75, 3.05) is 0 Å². The van der Waals surface area contributed by atoms with Gasteiger partial charge in [-0.2, -0.15) is 10.5 Å². The molecule has 0 bridgehead atoms. The van der Waals surface area contributed by atoms with Gasteiger partial charge in [0.15, 0.2) is 0 Å². The molecule has 2 heteroatoms. The van der Waals surface area contributed by atoms with Gasteiger partial charge in [0, 0.05) is 0 Å². The summed E-state index contributed by atoms with van der Waals surface area (Å²) in [5, 5.41) is 36.8. The average molecular weight is 731 g/mol. The molecule has 0 N–H and O–H groups in total. The van der Waals surface area contributed by atoms with Crippen LogP contribution in [0.15, 0.2) is 182 Å². The first-order valence-corrected chi connectivity index (χ1v) is 19.6. The lowest BCUT2D eigenvalue weighted by Gasteiger charge is -2.19. The highest BCUT2D eigenvalue weighted by Crippen LogP contribution is 2.55. The summed E-state index contributed by atoms with van der Waals surface area (Å²) in [6, 6.07) is 69.7. The fraction of sp³-hybridized carbons (Fsp3) is 0. The van der Waals surface area contributed by atoms with Crippen LogP contribution < -0.4 is 0 Å². The van der Waals surface area contributed by atoms with Crippen molar-refractivity contribution >= 4 is 75.4 Å². The zero-order valence-electron chi connectivity index (χ0n) is 31.2. The van der Waals surface area contributed by atoms with Gasteiger partial charge in [0.25, 0.3) is 0 Å². The van der Waals surface area contributed by atoms with E-state index in [-0.39, 0.29) is 0 Å². The smallest absolute Gasteiger partial charge is 0.0991 e. The molecule has 0 saturated heterocycles. The second-order valence-corrected chi connectivity index (χ2v) is 15.3. The van der Waals surface area contributed by atoms with Crippen molar-refractivity contribution in [3.8, 4) is 56.6 Å². The summed E-state index contributed by atoms with van der Waals surface area (Å²) < 4.78 is 0. The van der Waals surface area contributed by atoms with Crippen molar-refractivity contribution in [1.82, 2.24) is 0 Å². The number of nitrogens with zero attached hydrogens (tertiary/aromatic N) is 2. The van der Waals surface area contributed by atoms with Crippen LogP contribution in [0.4, 0.5) is 0 Å². The molecule has 12 aromatic rings. The van der Waals surface area contributed by atoms with Gasteiger partial charge in [0.05, 0.1) is 23.3 Å². The highest BCUT2D eigenvalue weighted by atomic mass is 14.3. The standard InChI is InChI=1S/C56H30N2/c57-31-33-20-24-36(25-21-33)50-49-30-48-41-15-7-6-14-40(41)43-16-8-18-45(53(43)48)54(49)51(37-26-22-34(32-58)23-27-37)56-47-29-28-42(44-17-9-19-46(52(44)47)55(50)56)39-13-5-4-12-38(39)35-10-2-1-3-11-35/h1-30H. The third-order valence-corrected chi connectivity index (χ3v) is 12.4. The first-order chi connectivity index (χ1) is 28.7. The second kappa shape index (κ2) is 12.2. The van der Waals surface area contributed by atoms with Crippen LogP contribution in [0.1, 0.15) is 11.1 Å². The van der Waals surface area contributed by atoms with Crippen LogP contribution in [0.5, 0.6) is 0 Å². The number of hydrogen-bond acceptors (Lipinski definition) is 2. The molecule has 12 aromatic carbocycles. The minimum Gasteiger partial charge on any atom is -0.192 e. The quantitative estimate of drug-likeness (QED) is 0.169. The van der Waals surface area contributed by atoms with Crippen LogP contribution in [-0.2, 0) is 0 Å². The molecule has 0 aliphatic rings. The molecule has 0 fully saturated rings.